The minimum atomic E-state index is -4.65. The molecule has 0 aliphatic carbocycles. The zero-order valence-corrected chi connectivity index (χ0v) is 16.6. The maximum absolute atomic E-state index is 13.2. The van der Waals surface area contributed by atoms with Crippen LogP contribution in [-0.2, 0) is 11.8 Å². The third-order valence-corrected chi connectivity index (χ3v) is 4.85. The van der Waals surface area contributed by atoms with Gasteiger partial charge < -0.3 is 19.0 Å². The number of pyridine rings is 1. The average Bonchev–Trinajstić information content (AvgIpc) is 3.41. The van der Waals surface area contributed by atoms with Crippen molar-refractivity contribution in [1.29, 1.82) is 0 Å². The lowest BCUT2D eigenvalue weighted by Gasteiger charge is -2.15. The van der Waals surface area contributed by atoms with E-state index >= 15 is 0 Å². The van der Waals surface area contributed by atoms with Crippen LogP contribution in [0.4, 0.5) is 13.2 Å². The van der Waals surface area contributed by atoms with E-state index in [0.29, 0.717) is 27.9 Å². The lowest BCUT2D eigenvalue weighted by molar-refractivity contribution is -0.218. The summed E-state index contributed by atoms with van der Waals surface area (Å²) in [6.07, 6.45) is -3.70. The Bertz CT molecular complexity index is 1200. The van der Waals surface area contributed by atoms with Crippen molar-refractivity contribution in [3.05, 3.63) is 29.3 Å². The lowest BCUT2D eigenvalue weighted by atomic mass is 10.1. The number of halogens is 4. The highest BCUT2D eigenvalue weighted by Crippen LogP contribution is 2.41. The van der Waals surface area contributed by atoms with E-state index in [4.69, 9.17) is 16.3 Å². The average molecular weight is 442 g/mol. The van der Waals surface area contributed by atoms with Gasteiger partial charge in [-0.25, -0.2) is 4.98 Å². The summed E-state index contributed by atoms with van der Waals surface area (Å²) < 4.78 is 51.2. The number of methoxy groups -OCH3 is 2. The molecule has 13 heteroatoms. The quantitative estimate of drug-likeness (QED) is 0.489. The Hall–Kier alpha value is -3.12. The van der Waals surface area contributed by atoms with E-state index in [1.54, 1.807) is 30.1 Å². The Morgan fingerprint density at radius 3 is 2.60 bits per heavy atom. The molecule has 0 spiro atoms. The van der Waals surface area contributed by atoms with Crippen molar-refractivity contribution in [2.45, 2.75) is 12.3 Å². The van der Waals surface area contributed by atoms with Gasteiger partial charge in [-0.3, -0.25) is 5.10 Å². The largest absolute Gasteiger partial charge is 0.480 e. The molecular weight excluding hydrogens is 427 g/mol. The molecule has 30 heavy (non-hydrogen) atoms. The van der Waals surface area contributed by atoms with Gasteiger partial charge in [0, 0.05) is 31.5 Å². The van der Waals surface area contributed by atoms with Crippen molar-refractivity contribution >= 4 is 22.6 Å². The third-order valence-electron chi connectivity index (χ3n) is 4.58. The summed E-state index contributed by atoms with van der Waals surface area (Å²) in [5.41, 5.74) is 2.78. The van der Waals surface area contributed by atoms with Crippen molar-refractivity contribution in [1.82, 2.24) is 34.9 Å². The minimum absolute atomic E-state index is 0.100. The highest BCUT2D eigenvalue weighted by molar-refractivity contribution is 6.32. The molecular formula is C17H15ClF3N7O2. The second kappa shape index (κ2) is 7.29. The van der Waals surface area contributed by atoms with E-state index in [1.807, 2.05) is 0 Å². The predicted molar refractivity (Wildman–Crippen MR) is 101 cm³/mol. The van der Waals surface area contributed by atoms with Crippen LogP contribution >= 0.6 is 11.6 Å². The van der Waals surface area contributed by atoms with Gasteiger partial charge in [0.25, 0.3) is 0 Å². The zero-order chi connectivity index (χ0) is 21.6. The molecule has 9 nitrogen and oxygen atoms in total. The summed E-state index contributed by atoms with van der Waals surface area (Å²) in [5, 5.41) is 14.5. The molecule has 0 fully saturated rings. The number of H-pyrrole nitrogens is 2. The van der Waals surface area contributed by atoms with Gasteiger partial charge in [0.1, 0.15) is 10.5 Å². The molecule has 0 aliphatic heterocycles. The number of nitrogens with zero attached hydrogens (tertiary/aromatic N) is 5. The van der Waals surface area contributed by atoms with Crippen LogP contribution in [0.5, 0.6) is 5.88 Å². The second-order valence-corrected chi connectivity index (χ2v) is 6.74. The van der Waals surface area contributed by atoms with Crippen LogP contribution in [-0.4, -0.2) is 55.3 Å². The molecule has 0 saturated carbocycles. The Labute approximate surface area is 172 Å². The molecule has 158 valence electrons. The number of fused-ring (bicyclic) bond motifs is 1. The summed E-state index contributed by atoms with van der Waals surface area (Å²) in [6.45, 7) is 0. The monoisotopic (exact) mass is 441 g/mol. The second-order valence-electron chi connectivity index (χ2n) is 6.33. The molecule has 4 aromatic heterocycles. The van der Waals surface area contributed by atoms with E-state index < -0.39 is 18.1 Å². The number of hydrogen-bond acceptors (Lipinski definition) is 6. The molecule has 0 radical (unpaired) electrons. The molecule has 0 amide bonds. The van der Waals surface area contributed by atoms with Crippen LogP contribution in [0, 0.1) is 0 Å². The molecule has 4 rings (SSSR count). The van der Waals surface area contributed by atoms with Gasteiger partial charge in [0.05, 0.1) is 24.5 Å². The summed E-state index contributed by atoms with van der Waals surface area (Å²) in [5.74, 6) is -0.157. The lowest BCUT2D eigenvalue weighted by Crippen LogP contribution is -2.23. The van der Waals surface area contributed by atoms with Gasteiger partial charge in [0.15, 0.2) is 11.6 Å². The number of aryl methyl sites for hydroxylation is 1. The maximum Gasteiger partial charge on any atom is 0.422 e. The predicted octanol–water partition coefficient (Wildman–Crippen LogP) is 3.66. The highest BCUT2D eigenvalue weighted by Gasteiger charge is 2.44. The maximum atomic E-state index is 13.2. The standard InChI is InChI=1S/C17H15ClF3N7O2/c1-28-9-4-8(18)16(30-3)24-11(9)10(7-5-22-23-6-7)12(28)14-25-15(27-26-14)13(29-2)17(19,20)21/h4-6,13H,1-3H3,(H,22,23)(H,25,26,27). The molecule has 4 aromatic rings. The van der Waals surface area contributed by atoms with Crippen LogP contribution in [0.15, 0.2) is 18.5 Å². The zero-order valence-electron chi connectivity index (χ0n) is 15.9. The van der Waals surface area contributed by atoms with Crippen molar-refractivity contribution in [2.75, 3.05) is 14.2 Å². The molecule has 4 heterocycles. The van der Waals surface area contributed by atoms with Gasteiger partial charge in [-0.1, -0.05) is 11.6 Å². The normalized spacial score (nSPS) is 13.2. The van der Waals surface area contributed by atoms with E-state index in [-0.39, 0.29) is 16.7 Å². The third kappa shape index (κ3) is 3.17. The summed E-state index contributed by atoms with van der Waals surface area (Å²) in [7, 11) is 4.10. The fourth-order valence-corrected chi connectivity index (χ4v) is 3.51. The van der Waals surface area contributed by atoms with Gasteiger partial charge in [-0.2, -0.15) is 18.3 Å². The van der Waals surface area contributed by atoms with Crippen LogP contribution in [0.25, 0.3) is 33.7 Å². The van der Waals surface area contributed by atoms with Crippen molar-refractivity contribution < 1.29 is 22.6 Å². The number of ether oxygens (including phenoxy) is 2. The summed E-state index contributed by atoms with van der Waals surface area (Å²) in [6, 6.07) is 1.65. The first-order valence-corrected chi connectivity index (χ1v) is 8.88. The van der Waals surface area contributed by atoms with Crippen LogP contribution < -0.4 is 4.74 Å². The van der Waals surface area contributed by atoms with Gasteiger partial charge in [0.2, 0.25) is 12.0 Å². The summed E-state index contributed by atoms with van der Waals surface area (Å²) in [4.78, 5) is 7.09. The Morgan fingerprint density at radius 2 is 2.00 bits per heavy atom. The van der Waals surface area contributed by atoms with Gasteiger partial charge in [-0.15, -0.1) is 10.2 Å². The minimum Gasteiger partial charge on any atom is -0.480 e. The molecule has 2 N–H and O–H groups in total. The van der Waals surface area contributed by atoms with Crippen LogP contribution in [0.2, 0.25) is 5.02 Å². The Kier molecular flexibility index (Phi) is 4.90. The number of nitrogens with one attached hydrogen (secondary N) is 2. The SMILES string of the molecule is COc1nc2c(-c3cn[nH]c3)c(-c3nnc(C(OC)C(F)(F)F)[nH]3)n(C)c2cc1Cl. The number of alkyl halides is 3. The van der Waals surface area contributed by atoms with Gasteiger partial charge >= 0.3 is 6.18 Å². The Balaban J connectivity index is 1.98. The van der Waals surface area contributed by atoms with Crippen molar-refractivity contribution in [3.63, 3.8) is 0 Å². The number of aromatic nitrogens is 7. The molecule has 0 bridgehead atoms. The highest BCUT2D eigenvalue weighted by atomic mass is 35.5. The molecule has 1 atom stereocenters. The molecule has 0 aliphatic rings. The van der Waals surface area contributed by atoms with Crippen molar-refractivity contribution in [3.8, 4) is 28.5 Å². The Morgan fingerprint density at radius 1 is 1.23 bits per heavy atom. The number of aromatic amines is 2. The number of rotatable bonds is 5. The van der Waals surface area contributed by atoms with E-state index in [9.17, 15) is 13.2 Å². The van der Waals surface area contributed by atoms with E-state index in [0.717, 1.165) is 7.11 Å². The fraction of sp³-hybridized carbons (Fsp3) is 0.294. The molecule has 0 saturated heterocycles. The first kappa shape index (κ1) is 20.2. The smallest absolute Gasteiger partial charge is 0.422 e. The van der Waals surface area contributed by atoms with E-state index in [1.165, 1.54) is 7.11 Å². The van der Waals surface area contributed by atoms with Crippen molar-refractivity contribution in [2.24, 2.45) is 7.05 Å². The summed E-state index contributed by atoms with van der Waals surface area (Å²) >= 11 is 6.23. The molecule has 0 aromatic carbocycles. The first-order valence-electron chi connectivity index (χ1n) is 8.50. The van der Waals surface area contributed by atoms with Crippen LogP contribution in [0.1, 0.15) is 11.9 Å². The van der Waals surface area contributed by atoms with Crippen LogP contribution in [0.3, 0.4) is 0 Å². The fourth-order valence-electron chi connectivity index (χ4n) is 3.28. The number of hydrogen-bond donors (Lipinski definition) is 2. The molecule has 1 unspecified atom stereocenters. The first-order chi connectivity index (χ1) is 14.3. The topological polar surface area (TPSA) is 107 Å². The van der Waals surface area contributed by atoms with E-state index in [2.05, 4.69) is 35.1 Å². The van der Waals surface area contributed by atoms with Gasteiger partial charge in [-0.05, 0) is 6.07 Å².